The van der Waals surface area contributed by atoms with Gasteiger partial charge in [0.05, 0.1) is 5.69 Å². The number of likely N-dealkylation sites (tertiary alicyclic amines) is 1. The first-order valence-corrected chi connectivity index (χ1v) is 9.72. The highest BCUT2D eigenvalue weighted by molar-refractivity contribution is 5.82. The van der Waals surface area contributed by atoms with Crippen LogP contribution in [0.15, 0.2) is 0 Å². The normalized spacial score (nSPS) is 21.2. The number of carbonyl (C=O) groups excluding carboxylic acids is 2. The molecule has 7 heteroatoms. The molecular formula is C19H30N4O3. The van der Waals surface area contributed by atoms with Gasteiger partial charge in [-0.25, -0.2) is 0 Å². The van der Waals surface area contributed by atoms with E-state index in [1.807, 2.05) is 23.4 Å². The summed E-state index contributed by atoms with van der Waals surface area (Å²) >= 11 is 0. The molecule has 144 valence electrons. The van der Waals surface area contributed by atoms with Crippen molar-refractivity contribution in [3.63, 3.8) is 0 Å². The number of carbonyl (C=O) groups is 2. The van der Waals surface area contributed by atoms with Gasteiger partial charge in [0.15, 0.2) is 0 Å². The highest BCUT2D eigenvalue weighted by atomic mass is 16.5. The fraction of sp³-hybridized carbons (Fsp3) is 0.737. The number of hydrogen-bond donors (Lipinski definition) is 1. The fourth-order valence-electron chi connectivity index (χ4n) is 3.96. The van der Waals surface area contributed by atoms with Crippen molar-refractivity contribution >= 4 is 11.8 Å². The predicted octanol–water partition coefficient (Wildman–Crippen LogP) is 1.55. The number of piperidine rings is 1. The van der Waals surface area contributed by atoms with Gasteiger partial charge in [0.1, 0.15) is 6.10 Å². The fourth-order valence-corrected chi connectivity index (χ4v) is 3.96. The monoisotopic (exact) mass is 362 g/mol. The predicted molar refractivity (Wildman–Crippen MR) is 97.5 cm³/mol. The first-order chi connectivity index (χ1) is 12.5. The quantitative estimate of drug-likeness (QED) is 0.862. The van der Waals surface area contributed by atoms with Crippen LogP contribution in [0, 0.1) is 19.8 Å². The van der Waals surface area contributed by atoms with E-state index in [1.54, 1.807) is 0 Å². The number of amides is 2. The van der Waals surface area contributed by atoms with Crippen molar-refractivity contribution in [1.29, 1.82) is 0 Å². The summed E-state index contributed by atoms with van der Waals surface area (Å²) in [5, 5.41) is 7.56. The van der Waals surface area contributed by atoms with Crippen molar-refractivity contribution in [3.8, 4) is 0 Å². The zero-order valence-electron chi connectivity index (χ0n) is 16.1. The van der Waals surface area contributed by atoms with Gasteiger partial charge in [0.25, 0.3) is 5.91 Å². The van der Waals surface area contributed by atoms with Crippen molar-refractivity contribution in [2.45, 2.75) is 65.6 Å². The molecule has 2 saturated heterocycles. The second kappa shape index (κ2) is 8.20. The minimum atomic E-state index is -0.263. The third-order valence-electron chi connectivity index (χ3n) is 5.65. The van der Waals surface area contributed by atoms with E-state index in [9.17, 15) is 9.59 Å². The average molecular weight is 362 g/mol. The Morgan fingerprint density at radius 1 is 1.23 bits per heavy atom. The van der Waals surface area contributed by atoms with E-state index in [1.165, 1.54) is 0 Å². The molecule has 0 aliphatic carbocycles. The van der Waals surface area contributed by atoms with Crippen LogP contribution in [0.25, 0.3) is 0 Å². The molecule has 1 aromatic rings. The molecule has 1 atom stereocenters. The summed E-state index contributed by atoms with van der Waals surface area (Å²) < 4.78 is 7.45. The Morgan fingerprint density at radius 3 is 2.54 bits per heavy atom. The molecule has 0 bridgehead atoms. The summed E-state index contributed by atoms with van der Waals surface area (Å²) in [4.78, 5) is 26.8. The maximum absolute atomic E-state index is 12.5. The van der Waals surface area contributed by atoms with Gasteiger partial charge in [-0.3, -0.25) is 14.3 Å². The number of hydrogen-bond acceptors (Lipinski definition) is 4. The van der Waals surface area contributed by atoms with Gasteiger partial charge in [0, 0.05) is 50.0 Å². The van der Waals surface area contributed by atoms with Crippen LogP contribution in [0.4, 0.5) is 0 Å². The van der Waals surface area contributed by atoms with Crippen molar-refractivity contribution < 1.29 is 14.3 Å². The maximum atomic E-state index is 12.5. The standard InChI is InChI=1S/C19H30N4O3/c1-4-23-14(3)16(13(2)21-23)12-20-18(24)15-7-9-22(10-8-15)19(25)17-6-5-11-26-17/h15,17H,4-12H2,1-3H3,(H,20,24). The zero-order valence-corrected chi connectivity index (χ0v) is 16.1. The molecular weight excluding hydrogens is 332 g/mol. The lowest BCUT2D eigenvalue weighted by atomic mass is 9.95. The van der Waals surface area contributed by atoms with E-state index in [0.717, 1.165) is 49.2 Å². The number of nitrogens with one attached hydrogen (secondary N) is 1. The number of aromatic nitrogens is 2. The highest BCUT2D eigenvalue weighted by Gasteiger charge is 2.32. The van der Waals surface area contributed by atoms with Crippen molar-refractivity contribution in [3.05, 3.63) is 17.0 Å². The van der Waals surface area contributed by atoms with Crippen molar-refractivity contribution in [1.82, 2.24) is 20.0 Å². The molecule has 7 nitrogen and oxygen atoms in total. The van der Waals surface area contributed by atoms with E-state index in [0.29, 0.717) is 26.2 Å². The first kappa shape index (κ1) is 18.9. The molecule has 2 aliphatic rings. The summed E-state index contributed by atoms with van der Waals surface area (Å²) in [5.74, 6) is 0.155. The van der Waals surface area contributed by atoms with Gasteiger partial charge >= 0.3 is 0 Å². The third kappa shape index (κ3) is 3.92. The second-order valence-electron chi connectivity index (χ2n) is 7.28. The molecule has 1 unspecified atom stereocenters. The van der Waals surface area contributed by atoms with Gasteiger partial charge in [-0.05, 0) is 46.5 Å². The molecule has 0 spiro atoms. The Morgan fingerprint density at radius 2 is 1.96 bits per heavy atom. The van der Waals surface area contributed by atoms with E-state index >= 15 is 0 Å². The minimum absolute atomic E-state index is 0.0228. The lowest BCUT2D eigenvalue weighted by Crippen LogP contribution is -2.46. The maximum Gasteiger partial charge on any atom is 0.251 e. The van der Waals surface area contributed by atoms with Gasteiger partial charge < -0.3 is 15.0 Å². The number of rotatable bonds is 5. The summed E-state index contributed by atoms with van der Waals surface area (Å²) in [7, 11) is 0. The molecule has 2 amide bonds. The van der Waals surface area contributed by atoms with E-state index in [-0.39, 0.29) is 23.8 Å². The first-order valence-electron chi connectivity index (χ1n) is 9.72. The van der Waals surface area contributed by atoms with Crippen LogP contribution in [0.1, 0.15) is 49.6 Å². The Labute approximate surface area is 155 Å². The molecule has 0 saturated carbocycles. The number of aryl methyl sites for hydroxylation is 2. The molecule has 1 N–H and O–H groups in total. The molecule has 1 aromatic heterocycles. The van der Waals surface area contributed by atoms with E-state index < -0.39 is 0 Å². The Hall–Kier alpha value is -1.89. The minimum Gasteiger partial charge on any atom is -0.368 e. The van der Waals surface area contributed by atoms with Gasteiger partial charge in [-0.2, -0.15) is 5.10 Å². The van der Waals surface area contributed by atoms with Crippen LogP contribution < -0.4 is 5.32 Å². The Bertz CT molecular complexity index is 656. The average Bonchev–Trinajstić information content (AvgIpc) is 3.28. The topological polar surface area (TPSA) is 76.5 Å². The Kier molecular flexibility index (Phi) is 5.96. The number of nitrogens with zero attached hydrogens (tertiary/aromatic N) is 3. The Balaban J connectivity index is 1.48. The molecule has 3 rings (SSSR count). The molecule has 2 fully saturated rings. The van der Waals surface area contributed by atoms with Crippen LogP contribution in [0.2, 0.25) is 0 Å². The van der Waals surface area contributed by atoms with Crippen molar-refractivity contribution in [2.24, 2.45) is 5.92 Å². The second-order valence-corrected chi connectivity index (χ2v) is 7.28. The van der Waals surface area contributed by atoms with Crippen molar-refractivity contribution in [2.75, 3.05) is 19.7 Å². The van der Waals surface area contributed by atoms with Gasteiger partial charge in [-0.15, -0.1) is 0 Å². The molecule has 2 aliphatic heterocycles. The molecule has 0 aromatic carbocycles. The zero-order chi connectivity index (χ0) is 18.7. The van der Waals surface area contributed by atoms with E-state index in [4.69, 9.17) is 4.74 Å². The lowest BCUT2D eigenvalue weighted by molar-refractivity contribution is -0.143. The summed E-state index contributed by atoms with van der Waals surface area (Å²) in [6, 6.07) is 0. The third-order valence-corrected chi connectivity index (χ3v) is 5.65. The van der Waals surface area contributed by atoms with Gasteiger partial charge in [-0.1, -0.05) is 0 Å². The smallest absolute Gasteiger partial charge is 0.251 e. The molecule has 3 heterocycles. The SMILES string of the molecule is CCn1nc(C)c(CNC(=O)C2CCN(C(=O)C3CCCO3)CC2)c1C. The highest BCUT2D eigenvalue weighted by Crippen LogP contribution is 2.22. The molecule has 26 heavy (non-hydrogen) atoms. The summed E-state index contributed by atoms with van der Waals surface area (Å²) in [6.45, 7) is 9.40. The number of ether oxygens (including phenoxy) is 1. The van der Waals surface area contributed by atoms with Gasteiger partial charge in [0.2, 0.25) is 5.91 Å². The molecule has 0 radical (unpaired) electrons. The lowest BCUT2D eigenvalue weighted by Gasteiger charge is -2.32. The van der Waals surface area contributed by atoms with Crippen LogP contribution in [-0.2, 0) is 27.4 Å². The van der Waals surface area contributed by atoms with Crippen LogP contribution in [-0.4, -0.2) is 52.3 Å². The summed E-state index contributed by atoms with van der Waals surface area (Å²) in [6.07, 6.45) is 2.96. The van der Waals surface area contributed by atoms with E-state index in [2.05, 4.69) is 17.3 Å². The van der Waals surface area contributed by atoms with Crippen LogP contribution >= 0.6 is 0 Å². The largest absolute Gasteiger partial charge is 0.368 e. The summed E-state index contributed by atoms with van der Waals surface area (Å²) in [5.41, 5.74) is 3.19. The van der Waals surface area contributed by atoms with Crippen LogP contribution in [0.5, 0.6) is 0 Å². The van der Waals surface area contributed by atoms with Crippen LogP contribution in [0.3, 0.4) is 0 Å².